The summed E-state index contributed by atoms with van der Waals surface area (Å²) in [6, 6.07) is 1.64. The molecule has 1 unspecified atom stereocenters. The molecule has 0 bridgehead atoms. The molecule has 0 spiro atoms. The molecule has 0 aromatic carbocycles. The van der Waals surface area contributed by atoms with Crippen molar-refractivity contribution in [3.63, 3.8) is 0 Å². The molecule has 84 valence electrons. The Kier molecular flexibility index (Phi) is 4.33. The van der Waals surface area contributed by atoms with Gasteiger partial charge >= 0.3 is 0 Å². The van der Waals surface area contributed by atoms with Crippen molar-refractivity contribution in [2.24, 2.45) is 5.92 Å². The molecule has 3 nitrogen and oxygen atoms in total. The Morgan fingerprint density at radius 2 is 2.00 bits per heavy atom. The van der Waals surface area contributed by atoms with Gasteiger partial charge in [0.25, 0.3) is 0 Å². The number of nitrogens with zero attached hydrogens (tertiary/aromatic N) is 2. The van der Waals surface area contributed by atoms with Crippen LogP contribution in [0.2, 0.25) is 5.15 Å². The van der Waals surface area contributed by atoms with Gasteiger partial charge in [-0.25, -0.2) is 4.98 Å². The predicted molar refractivity (Wildman–Crippen MR) is 61.3 cm³/mol. The van der Waals surface area contributed by atoms with Gasteiger partial charge in [0.1, 0.15) is 11.0 Å². The topological polar surface area (TPSA) is 35.0 Å². The van der Waals surface area contributed by atoms with Crippen molar-refractivity contribution in [1.82, 2.24) is 9.97 Å². The van der Waals surface area contributed by atoms with Gasteiger partial charge in [0.2, 0.25) is 5.88 Å². The molecule has 0 saturated heterocycles. The van der Waals surface area contributed by atoms with Crippen LogP contribution in [0, 0.1) is 12.8 Å². The van der Waals surface area contributed by atoms with E-state index in [1.807, 2.05) is 6.92 Å². The van der Waals surface area contributed by atoms with E-state index in [0.29, 0.717) is 22.8 Å². The molecule has 1 rings (SSSR count). The van der Waals surface area contributed by atoms with Gasteiger partial charge in [-0.15, -0.1) is 0 Å². The highest BCUT2D eigenvalue weighted by Crippen LogP contribution is 2.16. The molecule has 0 saturated carbocycles. The van der Waals surface area contributed by atoms with Crippen LogP contribution in [0.25, 0.3) is 0 Å². The quantitative estimate of drug-likeness (QED) is 0.742. The van der Waals surface area contributed by atoms with E-state index in [1.165, 1.54) is 0 Å². The molecule has 0 N–H and O–H groups in total. The number of hydrogen-bond donors (Lipinski definition) is 0. The molecular formula is C11H17ClN2O. The van der Waals surface area contributed by atoms with E-state index < -0.39 is 0 Å². The van der Waals surface area contributed by atoms with Crippen LogP contribution in [0.15, 0.2) is 6.07 Å². The van der Waals surface area contributed by atoms with Gasteiger partial charge < -0.3 is 4.74 Å². The lowest BCUT2D eigenvalue weighted by atomic mass is 10.1. The third kappa shape index (κ3) is 4.47. The summed E-state index contributed by atoms with van der Waals surface area (Å²) < 4.78 is 5.65. The maximum absolute atomic E-state index is 5.81. The fraction of sp³-hybridized carbons (Fsp3) is 0.636. The lowest BCUT2D eigenvalue weighted by molar-refractivity contribution is 0.185. The van der Waals surface area contributed by atoms with Crippen molar-refractivity contribution >= 4 is 11.6 Å². The standard InChI is InChI=1S/C11H17ClN2O/c1-7(2)5-8(3)15-11-6-10(12)13-9(4)14-11/h6-8H,5H2,1-4H3. The lowest BCUT2D eigenvalue weighted by Crippen LogP contribution is -2.15. The Labute approximate surface area is 95.8 Å². The minimum absolute atomic E-state index is 0.148. The van der Waals surface area contributed by atoms with Crippen molar-refractivity contribution in [1.29, 1.82) is 0 Å². The maximum atomic E-state index is 5.81. The monoisotopic (exact) mass is 228 g/mol. The minimum Gasteiger partial charge on any atom is -0.475 e. The average molecular weight is 229 g/mol. The Balaban J connectivity index is 2.63. The summed E-state index contributed by atoms with van der Waals surface area (Å²) in [5, 5.41) is 0.425. The van der Waals surface area contributed by atoms with Crippen LogP contribution in [0.1, 0.15) is 33.0 Å². The van der Waals surface area contributed by atoms with Crippen LogP contribution in [0.5, 0.6) is 5.88 Å². The van der Waals surface area contributed by atoms with Crippen LogP contribution in [0.3, 0.4) is 0 Å². The molecule has 0 aliphatic rings. The van der Waals surface area contributed by atoms with E-state index in [0.717, 1.165) is 6.42 Å². The Bertz CT molecular complexity index is 308. The third-order valence-corrected chi connectivity index (χ3v) is 2.10. The van der Waals surface area contributed by atoms with Crippen LogP contribution in [0.4, 0.5) is 0 Å². The first-order chi connectivity index (χ1) is 6.97. The number of aromatic nitrogens is 2. The molecule has 1 aromatic rings. The van der Waals surface area contributed by atoms with E-state index in [-0.39, 0.29) is 6.10 Å². The third-order valence-electron chi connectivity index (χ3n) is 1.91. The zero-order valence-corrected chi connectivity index (χ0v) is 10.4. The van der Waals surface area contributed by atoms with E-state index in [1.54, 1.807) is 13.0 Å². The Morgan fingerprint density at radius 3 is 2.53 bits per heavy atom. The predicted octanol–water partition coefficient (Wildman–Crippen LogP) is 3.25. The molecule has 1 heterocycles. The van der Waals surface area contributed by atoms with Crippen molar-refractivity contribution in [2.45, 2.75) is 40.2 Å². The van der Waals surface area contributed by atoms with Gasteiger partial charge in [-0.3, -0.25) is 0 Å². The van der Waals surface area contributed by atoms with Gasteiger partial charge in [0.05, 0.1) is 6.10 Å². The summed E-state index contributed by atoms with van der Waals surface area (Å²) in [4.78, 5) is 8.14. The average Bonchev–Trinajstić information content (AvgIpc) is 1.98. The first-order valence-electron chi connectivity index (χ1n) is 5.15. The normalized spacial score (nSPS) is 12.9. The molecule has 0 radical (unpaired) electrons. The van der Waals surface area contributed by atoms with Gasteiger partial charge in [-0.2, -0.15) is 4.98 Å². The summed E-state index contributed by atoms with van der Waals surface area (Å²) >= 11 is 5.81. The van der Waals surface area contributed by atoms with Crippen molar-refractivity contribution in [3.8, 4) is 5.88 Å². The van der Waals surface area contributed by atoms with Crippen molar-refractivity contribution in [2.75, 3.05) is 0 Å². The summed E-state index contributed by atoms with van der Waals surface area (Å²) in [5.74, 6) is 1.80. The first kappa shape index (κ1) is 12.2. The van der Waals surface area contributed by atoms with Crippen LogP contribution in [-0.2, 0) is 0 Å². The smallest absolute Gasteiger partial charge is 0.218 e. The van der Waals surface area contributed by atoms with E-state index in [4.69, 9.17) is 16.3 Å². The van der Waals surface area contributed by atoms with Crippen LogP contribution >= 0.6 is 11.6 Å². The molecule has 0 aliphatic carbocycles. The number of aryl methyl sites for hydroxylation is 1. The Hall–Kier alpha value is -0.830. The summed E-state index contributed by atoms with van der Waals surface area (Å²) in [6.07, 6.45) is 1.15. The Morgan fingerprint density at radius 1 is 1.33 bits per heavy atom. The van der Waals surface area contributed by atoms with Gasteiger partial charge in [-0.1, -0.05) is 25.4 Å². The molecule has 0 amide bonds. The van der Waals surface area contributed by atoms with E-state index in [9.17, 15) is 0 Å². The van der Waals surface area contributed by atoms with E-state index in [2.05, 4.69) is 23.8 Å². The second-order valence-electron chi connectivity index (χ2n) is 4.13. The number of rotatable bonds is 4. The number of halogens is 1. The zero-order valence-electron chi connectivity index (χ0n) is 9.62. The summed E-state index contributed by atoms with van der Waals surface area (Å²) in [6.45, 7) is 8.16. The van der Waals surface area contributed by atoms with Crippen LogP contribution < -0.4 is 4.74 Å². The summed E-state index contributed by atoms with van der Waals surface area (Å²) in [7, 11) is 0. The molecule has 1 atom stereocenters. The highest BCUT2D eigenvalue weighted by molar-refractivity contribution is 6.29. The fourth-order valence-electron chi connectivity index (χ4n) is 1.48. The lowest BCUT2D eigenvalue weighted by Gasteiger charge is -2.15. The number of ether oxygens (including phenoxy) is 1. The van der Waals surface area contributed by atoms with Gasteiger partial charge in [0, 0.05) is 6.07 Å². The second kappa shape index (κ2) is 5.31. The van der Waals surface area contributed by atoms with Crippen molar-refractivity contribution in [3.05, 3.63) is 17.0 Å². The molecule has 1 aromatic heterocycles. The SMILES string of the molecule is Cc1nc(Cl)cc(OC(C)CC(C)C)n1. The maximum Gasteiger partial charge on any atom is 0.218 e. The molecular weight excluding hydrogens is 212 g/mol. The first-order valence-corrected chi connectivity index (χ1v) is 5.53. The summed E-state index contributed by atoms with van der Waals surface area (Å²) in [5.41, 5.74) is 0. The second-order valence-corrected chi connectivity index (χ2v) is 4.52. The largest absolute Gasteiger partial charge is 0.475 e. The molecule has 0 aliphatic heterocycles. The highest BCUT2D eigenvalue weighted by Gasteiger charge is 2.08. The fourth-order valence-corrected chi connectivity index (χ4v) is 1.70. The minimum atomic E-state index is 0.148. The van der Waals surface area contributed by atoms with Crippen LogP contribution in [-0.4, -0.2) is 16.1 Å². The zero-order chi connectivity index (χ0) is 11.4. The number of hydrogen-bond acceptors (Lipinski definition) is 3. The highest BCUT2D eigenvalue weighted by atomic mass is 35.5. The van der Waals surface area contributed by atoms with Crippen molar-refractivity contribution < 1.29 is 4.74 Å². The molecule has 0 fully saturated rings. The van der Waals surface area contributed by atoms with E-state index >= 15 is 0 Å². The molecule has 15 heavy (non-hydrogen) atoms. The molecule has 4 heteroatoms. The van der Waals surface area contributed by atoms with Gasteiger partial charge in [-0.05, 0) is 26.2 Å². The van der Waals surface area contributed by atoms with Gasteiger partial charge in [0.15, 0.2) is 0 Å².